The lowest BCUT2D eigenvalue weighted by atomic mass is 9.94. The number of rotatable bonds is 2. The van der Waals surface area contributed by atoms with Crippen molar-refractivity contribution in [2.45, 2.75) is 39.2 Å². The van der Waals surface area contributed by atoms with Crippen LogP contribution in [0.15, 0.2) is 24.3 Å². The van der Waals surface area contributed by atoms with Gasteiger partial charge in [-0.25, -0.2) is 0 Å². The van der Waals surface area contributed by atoms with Crippen molar-refractivity contribution in [2.24, 2.45) is 17.8 Å². The van der Waals surface area contributed by atoms with Gasteiger partial charge in [0.1, 0.15) is 0 Å². The standard InChI is InChI=1S/C17H21NO3/c1-10-7-13(14(8-10)17(20)21)16(19)18-11(2)9-12-5-3-4-6-15(12)18/h3-6,10-11,13-14H,7-9H2,1-2H3,(H,20,21). The molecule has 1 fully saturated rings. The number of benzene rings is 1. The van der Waals surface area contributed by atoms with Crippen LogP contribution in [0.25, 0.3) is 0 Å². The zero-order chi connectivity index (χ0) is 15.1. The molecule has 1 aliphatic carbocycles. The summed E-state index contributed by atoms with van der Waals surface area (Å²) in [4.78, 5) is 26.2. The Balaban J connectivity index is 1.90. The summed E-state index contributed by atoms with van der Waals surface area (Å²) in [6.07, 6.45) is 2.14. The van der Waals surface area contributed by atoms with Gasteiger partial charge in [-0.2, -0.15) is 0 Å². The van der Waals surface area contributed by atoms with Crippen LogP contribution >= 0.6 is 0 Å². The summed E-state index contributed by atoms with van der Waals surface area (Å²) in [5.41, 5.74) is 2.13. The van der Waals surface area contributed by atoms with E-state index in [-0.39, 0.29) is 17.9 Å². The fourth-order valence-corrected chi connectivity index (χ4v) is 3.92. The Bertz CT molecular complexity index is 583. The van der Waals surface area contributed by atoms with E-state index in [2.05, 4.69) is 0 Å². The smallest absolute Gasteiger partial charge is 0.307 e. The Morgan fingerprint density at radius 2 is 1.81 bits per heavy atom. The van der Waals surface area contributed by atoms with Gasteiger partial charge in [0, 0.05) is 11.7 Å². The van der Waals surface area contributed by atoms with E-state index in [1.54, 1.807) is 0 Å². The van der Waals surface area contributed by atoms with Crippen molar-refractivity contribution < 1.29 is 14.7 Å². The summed E-state index contributed by atoms with van der Waals surface area (Å²) >= 11 is 0. The van der Waals surface area contributed by atoms with Crippen LogP contribution in [0.1, 0.15) is 32.3 Å². The van der Waals surface area contributed by atoms with Gasteiger partial charge < -0.3 is 10.0 Å². The normalized spacial score (nSPS) is 31.2. The number of hydrogen-bond acceptors (Lipinski definition) is 2. The average molecular weight is 287 g/mol. The van der Waals surface area contributed by atoms with E-state index in [4.69, 9.17) is 0 Å². The molecule has 0 radical (unpaired) electrons. The van der Waals surface area contributed by atoms with E-state index in [1.807, 2.05) is 43.0 Å². The second-order valence-electron chi connectivity index (χ2n) is 6.52. The molecule has 21 heavy (non-hydrogen) atoms. The lowest BCUT2D eigenvalue weighted by Crippen LogP contribution is -2.42. The number of carbonyl (C=O) groups is 2. The van der Waals surface area contributed by atoms with Gasteiger partial charge >= 0.3 is 5.97 Å². The van der Waals surface area contributed by atoms with Gasteiger partial charge in [-0.3, -0.25) is 9.59 Å². The number of anilines is 1. The first-order chi connectivity index (χ1) is 9.99. The average Bonchev–Trinajstić information content (AvgIpc) is 2.97. The van der Waals surface area contributed by atoms with Gasteiger partial charge in [0.2, 0.25) is 5.91 Å². The van der Waals surface area contributed by atoms with Crippen LogP contribution in [0, 0.1) is 17.8 Å². The van der Waals surface area contributed by atoms with Gasteiger partial charge in [0.05, 0.1) is 11.8 Å². The molecule has 1 saturated carbocycles. The summed E-state index contributed by atoms with van der Waals surface area (Å²) in [5.74, 6) is -1.46. The number of amides is 1. The van der Waals surface area contributed by atoms with Crippen LogP contribution in [0.3, 0.4) is 0 Å². The van der Waals surface area contributed by atoms with Gasteiger partial charge in [-0.1, -0.05) is 25.1 Å². The number of para-hydroxylation sites is 1. The SMILES string of the molecule is CC1CC(C(=O)O)C(C(=O)N2c3ccccc3CC2C)C1. The van der Waals surface area contributed by atoms with Crippen molar-refractivity contribution >= 4 is 17.6 Å². The maximum Gasteiger partial charge on any atom is 0.307 e. The number of nitrogens with zero attached hydrogens (tertiary/aromatic N) is 1. The largest absolute Gasteiger partial charge is 0.481 e. The molecule has 0 bridgehead atoms. The summed E-state index contributed by atoms with van der Waals surface area (Å²) in [7, 11) is 0. The number of carbonyl (C=O) groups excluding carboxylic acids is 1. The topological polar surface area (TPSA) is 57.6 Å². The van der Waals surface area contributed by atoms with Crippen LogP contribution in [-0.4, -0.2) is 23.0 Å². The third-order valence-corrected chi connectivity index (χ3v) is 4.88. The summed E-state index contributed by atoms with van der Waals surface area (Å²) in [6.45, 7) is 4.07. The molecule has 2 aliphatic rings. The van der Waals surface area contributed by atoms with Crippen LogP contribution in [-0.2, 0) is 16.0 Å². The number of aliphatic carboxylic acids is 1. The zero-order valence-electron chi connectivity index (χ0n) is 12.5. The third kappa shape index (κ3) is 2.33. The minimum atomic E-state index is -0.835. The highest BCUT2D eigenvalue weighted by atomic mass is 16.4. The van der Waals surface area contributed by atoms with Crippen molar-refractivity contribution in [1.82, 2.24) is 0 Å². The molecule has 1 aromatic carbocycles. The molecule has 1 N–H and O–H groups in total. The van der Waals surface area contributed by atoms with Crippen molar-refractivity contribution in [2.75, 3.05) is 4.90 Å². The molecule has 3 rings (SSSR count). The monoisotopic (exact) mass is 287 g/mol. The van der Waals surface area contributed by atoms with Gasteiger partial charge in [-0.15, -0.1) is 0 Å². The maximum absolute atomic E-state index is 12.9. The number of carboxylic acids is 1. The van der Waals surface area contributed by atoms with Crippen molar-refractivity contribution in [1.29, 1.82) is 0 Å². The highest BCUT2D eigenvalue weighted by Gasteiger charge is 2.45. The first-order valence-electron chi connectivity index (χ1n) is 7.62. The summed E-state index contributed by atoms with van der Waals surface area (Å²) in [5, 5.41) is 9.38. The summed E-state index contributed by atoms with van der Waals surface area (Å²) in [6, 6.07) is 8.04. The fraction of sp³-hybridized carbons (Fsp3) is 0.529. The Labute approximate surface area is 124 Å². The predicted molar refractivity (Wildman–Crippen MR) is 80.1 cm³/mol. The van der Waals surface area contributed by atoms with E-state index in [0.29, 0.717) is 18.8 Å². The Morgan fingerprint density at radius 1 is 1.14 bits per heavy atom. The van der Waals surface area contributed by atoms with E-state index < -0.39 is 11.9 Å². The molecule has 1 aliphatic heterocycles. The van der Waals surface area contributed by atoms with Crippen molar-refractivity contribution in [3.8, 4) is 0 Å². The van der Waals surface area contributed by atoms with Crippen molar-refractivity contribution in [3.05, 3.63) is 29.8 Å². The van der Waals surface area contributed by atoms with Crippen molar-refractivity contribution in [3.63, 3.8) is 0 Å². The molecule has 112 valence electrons. The number of carboxylic acid groups (broad SMARTS) is 1. The van der Waals surface area contributed by atoms with Gasteiger partial charge in [-0.05, 0) is 43.7 Å². The fourth-order valence-electron chi connectivity index (χ4n) is 3.92. The number of fused-ring (bicyclic) bond motifs is 1. The minimum absolute atomic E-state index is 0.01000. The maximum atomic E-state index is 12.9. The molecule has 0 aromatic heterocycles. The Kier molecular flexibility index (Phi) is 3.47. The lowest BCUT2D eigenvalue weighted by Gasteiger charge is -2.27. The Hall–Kier alpha value is -1.84. The molecule has 4 unspecified atom stereocenters. The first-order valence-corrected chi connectivity index (χ1v) is 7.62. The van der Waals surface area contributed by atoms with E-state index >= 15 is 0 Å². The molecule has 4 heteroatoms. The molecular formula is C17H21NO3. The quantitative estimate of drug-likeness (QED) is 0.910. The predicted octanol–water partition coefficient (Wildman–Crippen LogP) is 2.71. The van der Waals surface area contributed by atoms with E-state index in [0.717, 1.165) is 12.1 Å². The number of hydrogen-bond donors (Lipinski definition) is 1. The highest BCUT2D eigenvalue weighted by Crippen LogP contribution is 2.41. The van der Waals surface area contributed by atoms with Crippen LogP contribution in [0.4, 0.5) is 5.69 Å². The molecular weight excluding hydrogens is 266 g/mol. The lowest BCUT2D eigenvalue weighted by molar-refractivity contribution is -0.145. The van der Waals surface area contributed by atoms with Gasteiger partial charge in [0.15, 0.2) is 0 Å². The van der Waals surface area contributed by atoms with E-state index in [9.17, 15) is 14.7 Å². The van der Waals surface area contributed by atoms with Gasteiger partial charge in [0.25, 0.3) is 0 Å². The highest BCUT2D eigenvalue weighted by molar-refractivity contribution is 5.99. The second kappa shape index (κ2) is 5.17. The van der Waals surface area contributed by atoms with E-state index in [1.165, 1.54) is 5.56 Å². The molecule has 4 atom stereocenters. The van der Waals surface area contributed by atoms with Crippen LogP contribution in [0.5, 0.6) is 0 Å². The zero-order valence-corrected chi connectivity index (χ0v) is 12.5. The third-order valence-electron chi connectivity index (χ3n) is 4.88. The van der Waals surface area contributed by atoms with Crippen LogP contribution < -0.4 is 4.90 Å². The first kappa shape index (κ1) is 14.1. The molecule has 0 saturated heterocycles. The summed E-state index contributed by atoms with van der Waals surface area (Å²) < 4.78 is 0. The molecule has 1 aromatic rings. The molecule has 4 nitrogen and oxygen atoms in total. The molecule has 1 amide bonds. The Morgan fingerprint density at radius 3 is 2.52 bits per heavy atom. The van der Waals surface area contributed by atoms with Crippen LogP contribution in [0.2, 0.25) is 0 Å². The second-order valence-corrected chi connectivity index (χ2v) is 6.52. The molecule has 0 spiro atoms. The minimum Gasteiger partial charge on any atom is -0.481 e. The molecule has 1 heterocycles.